The van der Waals surface area contributed by atoms with Crippen molar-refractivity contribution in [2.45, 2.75) is 0 Å². The van der Waals surface area contributed by atoms with Gasteiger partial charge >= 0.3 is 0 Å². The Morgan fingerprint density at radius 1 is 1.37 bits per heavy atom. The molecule has 0 saturated carbocycles. The molecule has 0 spiro atoms. The molecule has 0 unspecified atom stereocenters. The second-order valence-corrected chi connectivity index (χ2v) is 4.97. The molecule has 0 atom stereocenters. The Balaban J connectivity index is 2.18. The molecule has 19 heavy (non-hydrogen) atoms. The number of nitrogens with one attached hydrogen (secondary N) is 1. The highest BCUT2D eigenvalue weighted by Crippen LogP contribution is 2.22. The van der Waals surface area contributed by atoms with E-state index < -0.39 is 0 Å². The van der Waals surface area contributed by atoms with Crippen LogP contribution in [-0.2, 0) is 0 Å². The summed E-state index contributed by atoms with van der Waals surface area (Å²) >= 11 is 6.16. The molecule has 100 valence electrons. The summed E-state index contributed by atoms with van der Waals surface area (Å²) < 4.78 is 0. The van der Waals surface area contributed by atoms with Crippen LogP contribution in [0.25, 0.3) is 10.9 Å². The highest BCUT2D eigenvalue weighted by atomic mass is 35.5. The first-order chi connectivity index (χ1) is 9.08. The number of likely N-dealkylation sites (N-methyl/N-ethyl adjacent to an activating group) is 1. The van der Waals surface area contributed by atoms with Gasteiger partial charge in [0.05, 0.1) is 10.5 Å². The molecule has 1 aromatic carbocycles. The van der Waals surface area contributed by atoms with Crippen LogP contribution in [0, 0.1) is 0 Å². The van der Waals surface area contributed by atoms with Gasteiger partial charge in [-0.3, -0.25) is 4.79 Å². The molecule has 0 aliphatic carbocycles. The number of halogens is 1. The largest absolute Gasteiger partial charge is 0.349 e. The highest BCUT2D eigenvalue weighted by molar-refractivity contribution is 6.35. The Hall–Kier alpha value is -1.65. The Kier molecular flexibility index (Phi) is 4.35. The molecule has 4 nitrogen and oxygen atoms in total. The molecule has 0 bridgehead atoms. The number of rotatable bonds is 4. The fraction of sp³-hybridized carbons (Fsp3) is 0.286. The van der Waals surface area contributed by atoms with Crippen molar-refractivity contribution in [3.8, 4) is 0 Å². The molecule has 1 heterocycles. The number of aromatic nitrogens is 1. The van der Waals surface area contributed by atoms with Gasteiger partial charge in [0.1, 0.15) is 5.69 Å². The van der Waals surface area contributed by atoms with Gasteiger partial charge in [-0.15, -0.1) is 0 Å². The first-order valence-corrected chi connectivity index (χ1v) is 6.44. The molecule has 0 aliphatic heterocycles. The number of hydrogen-bond acceptors (Lipinski definition) is 3. The first kappa shape index (κ1) is 13.8. The van der Waals surface area contributed by atoms with Crippen molar-refractivity contribution >= 4 is 28.4 Å². The zero-order valence-electron chi connectivity index (χ0n) is 11.0. The lowest BCUT2D eigenvalue weighted by Gasteiger charge is -2.10. The van der Waals surface area contributed by atoms with Crippen LogP contribution in [-0.4, -0.2) is 43.0 Å². The topological polar surface area (TPSA) is 45.2 Å². The number of nitrogens with zero attached hydrogens (tertiary/aromatic N) is 2. The number of pyridine rings is 1. The van der Waals surface area contributed by atoms with Gasteiger partial charge in [-0.25, -0.2) is 4.98 Å². The van der Waals surface area contributed by atoms with Crippen LogP contribution < -0.4 is 5.32 Å². The Bertz CT molecular complexity index is 598. The Morgan fingerprint density at radius 3 is 2.84 bits per heavy atom. The summed E-state index contributed by atoms with van der Waals surface area (Å²) in [6.07, 6.45) is 0. The number of fused-ring (bicyclic) bond motifs is 1. The lowest BCUT2D eigenvalue weighted by Crippen LogP contribution is -2.31. The second-order valence-electron chi connectivity index (χ2n) is 4.57. The maximum atomic E-state index is 12.0. The average molecular weight is 278 g/mol. The molecule has 1 amide bonds. The van der Waals surface area contributed by atoms with E-state index in [2.05, 4.69) is 10.3 Å². The molecular formula is C14H16ClN3O. The van der Waals surface area contributed by atoms with Gasteiger partial charge < -0.3 is 10.2 Å². The smallest absolute Gasteiger partial charge is 0.270 e. The van der Waals surface area contributed by atoms with Crippen LogP contribution in [0.15, 0.2) is 30.3 Å². The van der Waals surface area contributed by atoms with Gasteiger partial charge in [-0.1, -0.05) is 29.8 Å². The highest BCUT2D eigenvalue weighted by Gasteiger charge is 2.10. The first-order valence-electron chi connectivity index (χ1n) is 6.06. The van der Waals surface area contributed by atoms with E-state index in [1.54, 1.807) is 6.07 Å². The van der Waals surface area contributed by atoms with Crippen molar-refractivity contribution in [1.82, 2.24) is 15.2 Å². The molecule has 2 rings (SSSR count). The summed E-state index contributed by atoms with van der Waals surface area (Å²) in [7, 11) is 3.91. The lowest BCUT2D eigenvalue weighted by molar-refractivity contribution is 0.0946. The third kappa shape index (κ3) is 3.43. The quantitative estimate of drug-likeness (QED) is 0.932. The van der Waals surface area contributed by atoms with Crippen LogP contribution in [0.5, 0.6) is 0 Å². The minimum absolute atomic E-state index is 0.200. The molecule has 0 aliphatic rings. The summed E-state index contributed by atoms with van der Waals surface area (Å²) in [6.45, 7) is 1.37. The molecule has 1 aromatic heterocycles. The zero-order chi connectivity index (χ0) is 13.8. The van der Waals surface area contributed by atoms with Crippen molar-refractivity contribution in [3.63, 3.8) is 0 Å². The molecule has 1 N–H and O–H groups in total. The molecular weight excluding hydrogens is 262 g/mol. The van der Waals surface area contributed by atoms with Crippen LogP contribution in [0.2, 0.25) is 5.02 Å². The third-order valence-corrected chi connectivity index (χ3v) is 3.06. The molecule has 0 saturated heterocycles. The van der Waals surface area contributed by atoms with Crippen molar-refractivity contribution < 1.29 is 4.79 Å². The minimum Gasteiger partial charge on any atom is -0.349 e. The van der Waals surface area contributed by atoms with Crippen molar-refractivity contribution in [2.75, 3.05) is 27.2 Å². The molecule has 0 fully saturated rings. The van der Waals surface area contributed by atoms with Crippen LogP contribution >= 0.6 is 11.6 Å². The Labute approximate surface area is 117 Å². The second kappa shape index (κ2) is 5.99. The SMILES string of the molecule is CN(C)CCNC(=O)c1cc(Cl)c2ccccc2n1. The molecule has 0 radical (unpaired) electrons. The summed E-state index contributed by atoms with van der Waals surface area (Å²) in [5.74, 6) is -0.200. The van der Waals surface area contributed by atoms with E-state index in [4.69, 9.17) is 11.6 Å². The third-order valence-electron chi connectivity index (χ3n) is 2.74. The summed E-state index contributed by atoms with van der Waals surface area (Å²) in [4.78, 5) is 18.3. The summed E-state index contributed by atoms with van der Waals surface area (Å²) in [5, 5.41) is 4.22. The number of hydrogen-bond donors (Lipinski definition) is 1. The number of carbonyl (C=O) groups excluding carboxylic acids is 1. The summed E-state index contributed by atoms with van der Waals surface area (Å²) in [6, 6.07) is 9.11. The maximum Gasteiger partial charge on any atom is 0.270 e. The predicted octanol–water partition coefficient (Wildman–Crippen LogP) is 2.18. The number of benzene rings is 1. The fourth-order valence-electron chi connectivity index (χ4n) is 1.73. The van der Waals surface area contributed by atoms with Crippen molar-refractivity contribution in [2.24, 2.45) is 0 Å². The molecule has 5 heteroatoms. The monoisotopic (exact) mass is 277 g/mol. The van der Waals surface area contributed by atoms with Gasteiger partial charge in [0.15, 0.2) is 0 Å². The minimum atomic E-state index is -0.200. The fourth-order valence-corrected chi connectivity index (χ4v) is 2.00. The van der Waals surface area contributed by atoms with Gasteiger partial charge in [0.25, 0.3) is 5.91 Å². The van der Waals surface area contributed by atoms with Gasteiger partial charge in [0.2, 0.25) is 0 Å². The Morgan fingerprint density at radius 2 is 2.11 bits per heavy atom. The standard InChI is InChI=1S/C14H16ClN3O/c1-18(2)8-7-16-14(19)13-9-11(15)10-5-3-4-6-12(10)17-13/h3-6,9H,7-8H2,1-2H3,(H,16,19). The van der Waals surface area contributed by atoms with E-state index >= 15 is 0 Å². The maximum absolute atomic E-state index is 12.0. The van der Waals surface area contributed by atoms with Gasteiger partial charge in [-0.2, -0.15) is 0 Å². The normalized spacial score (nSPS) is 10.9. The van der Waals surface area contributed by atoms with Crippen LogP contribution in [0.4, 0.5) is 0 Å². The van der Waals surface area contributed by atoms with Gasteiger partial charge in [0, 0.05) is 18.5 Å². The van der Waals surface area contributed by atoms with E-state index in [1.807, 2.05) is 43.3 Å². The zero-order valence-corrected chi connectivity index (χ0v) is 11.7. The van der Waals surface area contributed by atoms with E-state index in [-0.39, 0.29) is 5.91 Å². The molecule has 2 aromatic rings. The van der Waals surface area contributed by atoms with Gasteiger partial charge in [-0.05, 0) is 26.2 Å². The van der Waals surface area contributed by atoms with Crippen molar-refractivity contribution in [3.05, 3.63) is 41.0 Å². The van der Waals surface area contributed by atoms with E-state index in [0.29, 0.717) is 17.3 Å². The van der Waals surface area contributed by atoms with E-state index in [1.165, 1.54) is 0 Å². The number of amides is 1. The summed E-state index contributed by atoms with van der Waals surface area (Å²) in [5.41, 5.74) is 1.08. The number of carbonyl (C=O) groups is 1. The van der Waals surface area contributed by atoms with Crippen molar-refractivity contribution in [1.29, 1.82) is 0 Å². The van der Waals surface area contributed by atoms with E-state index in [0.717, 1.165) is 17.4 Å². The van der Waals surface area contributed by atoms with E-state index in [9.17, 15) is 4.79 Å². The predicted molar refractivity (Wildman–Crippen MR) is 77.6 cm³/mol. The van der Waals surface area contributed by atoms with Crippen LogP contribution in [0.1, 0.15) is 10.5 Å². The van der Waals surface area contributed by atoms with Crippen LogP contribution in [0.3, 0.4) is 0 Å². The lowest BCUT2D eigenvalue weighted by atomic mass is 10.2. The average Bonchev–Trinajstić information content (AvgIpc) is 2.38. The number of para-hydroxylation sites is 1.